The highest BCUT2D eigenvalue weighted by Gasteiger charge is 2.15. The molecule has 23 heavy (non-hydrogen) atoms. The summed E-state index contributed by atoms with van der Waals surface area (Å²) in [6, 6.07) is 12.3. The van der Waals surface area contributed by atoms with Crippen LogP contribution >= 0.6 is 15.9 Å². The van der Waals surface area contributed by atoms with Crippen molar-refractivity contribution < 1.29 is 14.3 Å². The summed E-state index contributed by atoms with van der Waals surface area (Å²) in [5, 5.41) is 5.11. The van der Waals surface area contributed by atoms with E-state index in [0.717, 1.165) is 10.0 Å². The van der Waals surface area contributed by atoms with E-state index in [9.17, 15) is 9.59 Å². The molecule has 0 saturated carbocycles. The molecule has 5 nitrogen and oxygen atoms in total. The van der Waals surface area contributed by atoms with Gasteiger partial charge in [-0.1, -0.05) is 6.07 Å². The predicted octanol–water partition coefficient (Wildman–Crippen LogP) is 3.73. The van der Waals surface area contributed by atoms with Crippen LogP contribution in [0.15, 0.2) is 46.9 Å². The van der Waals surface area contributed by atoms with Crippen LogP contribution in [-0.2, 0) is 9.59 Å². The van der Waals surface area contributed by atoms with Crippen LogP contribution in [0.3, 0.4) is 0 Å². The summed E-state index contributed by atoms with van der Waals surface area (Å²) in [4.78, 5) is 23.9. The van der Waals surface area contributed by atoms with Crippen molar-refractivity contribution in [3.8, 4) is 5.75 Å². The number of carbonyl (C=O) groups is 2. The molecule has 0 atom stereocenters. The van der Waals surface area contributed by atoms with Gasteiger partial charge in [-0.3, -0.25) is 9.59 Å². The number of halogens is 1. The Morgan fingerprint density at radius 2 is 1.70 bits per heavy atom. The van der Waals surface area contributed by atoms with Crippen molar-refractivity contribution in [3.05, 3.63) is 52.5 Å². The minimum atomic E-state index is -0.735. The van der Waals surface area contributed by atoms with Crippen LogP contribution in [0.5, 0.6) is 5.75 Å². The first-order chi connectivity index (χ1) is 11.0. The van der Waals surface area contributed by atoms with Crippen molar-refractivity contribution in [2.24, 2.45) is 0 Å². The summed E-state index contributed by atoms with van der Waals surface area (Å²) >= 11 is 3.35. The minimum absolute atomic E-state index is 0.525. The lowest BCUT2D eigenvalue weighted by atomic mass is 10.2. The van der Waals surface area contributed by atoms with Crippen LogP contribution in [0.4, 0.5) is 11.4 Å². The maximum Gasteiger partial charge on any atom is 0.314 e. The van der Waals surface area contributed by atoms with Crippen molar-refractivity contribution >= 4 is 39.1 Å². The zero-order chi connectivity index (χ0) is 16.8. The summed E-state index contributed by atoms with van der Waals surface area (Å²) in [5.41, 5.74) is 2.12. The molecule has 0 spiro atoms. The fourth-order valence-corrected chi connectivity index (χ4v) is 2.48. The molecular weight excluding hydrogens is 360 g/mol. The van der Waals surface area contributed by atoms with E-state index in [2.05, 4.69) is 26.6 Å². The molecule has 0 aliphatic rings. The number of aryl methyl sites for hydroxylation is 1. The minimum Gasteiger partial charge on any atom is -0.494 e. The smallest absolute Gasteiger partial charge is 0.314 e. The van der Waals surface area contributed by atoms with E-state index >= 15 is 0 Å². The Kier molecular flexibility index (Phi) is 5.76. The lowest BCUT2D eigenvalue weighted by molar-refractivity contribution is -0.133. The van der Waals surface area contributed by atoms with Gasteiger partial charge in [-0.15, -0.1) is 0 Å². The van der Waals surface area contributed by atoms with Gasteiger partial charge in [-0.2, -0.15) is 0 Å². The Morgan fingerprint density at radius 3 is 2.30 bits per heavy atom. The van der Waals surface area contributed by atoms with Crippen LogP contribution in [0, 0.1) is 6.92 Å². The van der Waals surface area contributed by atoms with Gasteiger partial charge in [-0.25, -0.2) is 0 Å². The van der Waals surface area contributed by atoms with E-state index in [1.165, 1.54) is 0 Å². The second-order valence-corrected chi connectivity index (χ2v) is 5.70. The summed E-state index contributed by atoms with van der Waals surface area (Å²) < 4.78 is 6.04. The third kappa shape index (κ3) is 4.82. The molecule has 6 heteroatoms. The number of nitrogens with one attached hydrogen (secondary N) is 2. The summed E-state index contributed by atoms with van der Waals surface area (Å²) in [6.07, 6.45) is 0. The molecular formula is C17H17BrN2O3. The Labute approximate surface area is 143 Å². The largest absolute Gasteiger partial charge is 0.494 e. The van der Waals surface area contributed by atoms with E-state index in [-0.39, 0.29) is 0 Å². The fraction of sp³-hybridized carbons (Fsp3) is 0.176. The summed E-state index contributed by atoms with van der Waals surface area (Å²) in [7, 11) is 0. The molecule has 2 N–H and O–H groups in total. The maximum absolute atomic E-state index is 12.0. The fourth-order valence-electron chi connectivity index (χ4n) is 1.89. The molecule has 2 rings (SSSR count). The van der Waals surface area contributed by atoms with E-state index in [4.69, 9.17) is 4.74 Å². The molecule has 120 valence electrons. The van der Waals surface area contributed by atoms with Gasteiger partial charge in [0.05, 0.1) is 12.3 Å². The van der Waals surface area contributed by atoms with E-state index < -0.39 is 11.8 Å². The van der Waals surface area contributed by atoms with Crippen LogP contribution in [0.2, 0.25) is 0 Å². The number of benzene rings is 2. The number of rotatable bonds is 4. The van der Waals surface area contributed by atoms with Gasteiger partial charge in [0, 0.05) is 10.2 Å². The first kappa shape index (κ1) is 17.0. The zero-order valence-corrected chi connectivity index (χ0v) is 14.4. The molecule has 2 amide bonds. The summed E-state index contributed by atoms with van der Waals surface area (Å²) in [5.74, 6) is -0.761. The molecule has 0 aromatic heterocycles. The number of hydrogen-bond acceptors (Lipinski definition) is 3. The number of anilines is 2. The highest BCUT2D eigenvalue weighted by Crippen LogP contribution is 2.23. The molecule has 0 unspecified atom stereocenters. The van der Waals surface area contributed by atoms with Crippen molar-refractivity contribution in [2.75, 3.05) is 17.2 Å². The van der Waals surface area contributed by atoms with Crippen molar-refractivity contribution in [3.63, 3.8) is 0 Å². The molecule has 2 aromatic carbocycles. The topological polar surface area (TPSA) is 67.4 Å². The summed E-state index contributed by atoms with van der Waals surface area (Å²) in [6.45, 7) is 4.40. The standard InChI is InChI=1S/C17H17BrN2O3/c1-3-23-13-7-5-12(6-8-13)19-16(21)17(22)20-15-9-4-11(2)10-14(15)18/h4-10H,3H2,1-2H3,(H,19,21)(H,20,22). The monoisotopic (exact) mass is 376 g/mol. The number of hydrogen-bond donors (Lipinski definition) is 2. The first-order valence-corrected chi connectivity index (χ1v) is 7.90. The Morgan fingerprint density at radius 1 is 1.04 bits per heavy atom. The number of ether oxygens (including phenoxy) is 1. The normalized spacial score (nSPS) is 10.0. The molecule has 0 fully saturated rings. The van der Waals surface area contributed by atoms with Crippen molar-refractivity contribution in [1.82, 2.24) is 0 Å². The maximum atomic E-state index is 12.0. The third-order valence-corrected chi connectivity index (χ3v) is 3.66. The Balaban J connectivity index is 1.98. The molecule has 0 heterocycles. The second-order valence-electron chi connectivity index (χ2n) is 4.85. The van der Waals surface area contributed by atoms with Gasteiger partial charge >= 0.3 is 11.8 Å². The highest BCUT2D eigenvalue weighted by atomic mass is 79.9. The van der Waals surface area contributed by atoms with Crippen LogP contribution in [-0.4, -0.2) is 18.4 Å². The predicted molar refractivity (Wildman–Crippen MR) is 93.7 cm³/mol. The van der Waals surface area contributed by atoms with Gasteiger partial charge < -0.3 is 15.4 Å². The van der Waals surface area contributed by atoms with Crippen LogP contribution in [0.25, 0.3) is 0 Å². The van der Waals surface area contributed by atoms with Crippen LogP contribution in [0.1, 0.15) is 12.5 Å². The quantitative estimate of drug-likeness (QED) is 0.798. The molecule has 0 bridgehead atoms. The Bertz CT molecular complexity index is 714. The average Bonchev–Trinajstić information content (AvgIpc) is 2.52. The SMILES string of the molecule is CCOc1ccc(NC(=O)C(=O)Nc2ccc(C)cc2Br)cc1. The van der Waals surface area contributed by atoms with Crippen LogP contribution < -0.4 is 15.4 Å². The number of amides is 2. The first-order valence-electron chi connectivity index (χ1n) is 7.11. The van der Waals surface area contributed by atoms with E-state index in [0.29, 0.717) is 23.7 Å². The average molecular weight is 377 g/mol. The molecule has 2 aromatic rings. The molecule has 0 saturated heterocycles. The van der Waals surface area contributed by atoms with E-state index in [1.54, 1.807) is 30.3 Å². The van der Waals surface area contributed by atoms with Crippen molar-refractivity contribution in [1.29, 1.82) is 0 Å². The number of carbonyl (C=O) groups excluding carboxylic acids is 2. The van der Waals surface area contributed by atoms with Crippen molar-refractivity contribution in [2.45, 2.75) is 13.8 Å². The second kappa shape index (κ2) is 7.78. The lowest BCUT2D eigenvalue weighted by Gasteiger charge is -2.09. The van der Waals surface area contributed by atoms with Gasteiger partial charge in [0.2, 0.25) is 0 Å². The zero-order valence-electron chi connectivity index (χ0n) is 12.9. The van der Waals surface area contributed by atoms with Gasteiger partial charge in [0.25, 0.3) is 0 Å². The molecule has 0 radical (unpaired) electrons. The molecule has 0 aliphatic carbocycles. The van der Waals surface area contributed by atoms with Gasteiger partial charge in [0.15, 0.2) is 0 Å². The lowest BCUT2D eigenvalue weighted by Crippen LogP contribution is -2.29. The Hall–Kier alpha value is -2.34. The van der Waals surface area contributed by atoms with E-state index in [1.807, 2.05) is 26.0 Å². The third-order valence-electron chi connectivity index (χ3n) is 3.00. The van der Waals surface area contributed by atoms with Gasteiger partial charge in [-0.05, 0) is 71.7 Å². The highest BCUT2D eigenvalue weighted by molar-refractivity contribution is 9.10. The van der Waals surface area contributed by atoms with Gasteiger partial charge in [0.1, 0.15) is 5.75 Å². The molecule has 0 aliphatic heterocycles.